The lowest BCUT2D eigenvalue weighted by atomic mass is 10.2. The minimum absolute atomic E-state index is 0.0527. The van der Waals surface area contributed by atoms with Gasteiger partial charge in [0.15, 0.2) is 0 Å². The van der Waals surface area contributed by atoms with Crippen LogP contribution in [0.3, 0.4) is 0 Å². The Morgan fingerprint density at radius 1 is 0.966 bits per heavy atom. The van der Waals surface area contributed by atoms with Gasteiger partial charge in [0.1, 0.15) is 5.82 Å². The van der Waals surface area contributed by atoms with Crippen molar-refractivity contribution in [2.75, 3.05) is 17.2 Å². The van der Waals surface area contributed by atoms with Crippen LogP contribution in [0, 0.1) is 0 Å². The van der Waals surface area contributed by atoms with E-state index in [4.69, 9.17) is 0 Å². The van der Waals surface area contributed by atoms with Crippen molar-refractivity contribution < 1.29 is 9.59 Å². The lowest BCUT2D eigenvalue weighted by Gasteiger charge is -2.21. The number of amides is 2. The van der Waals surface area contributed by atoms with E-state index < -0.39 is 0 Å². The van der Waals surface area contributed by atoms with E-state index >= 15 is 0 Å². The number of aromatic nitrogens is 1. The number of anilines is 3. The monoisotopic (exact) mass is 388 g/mol. The molecule has 6 nitrogen and oxygen atoms in total. The molecule has 2 aromatic carbocycles. The van der Waals surface area contributed by atoms with E-state index in [1.165, 1.54) is 6.92 Å². The zero-order valence-electron chi connectivity index (χ0n) is 16.6. The number of nitrogens with zero attached hydrogens (tertiary/aromatic N) is 2. The van der Waals surface area contributed by atoms with E-state index in [2.05, 4.69) is 15.6 Å². The predicted molar refractivity (Wildman–Crippen MR) is 115 cm³/mol. The van der Waals surface area contributed by atoms with E-state index in [1.807, 2.05) is 61.5 Å². The van der Waals surface area contributed by atoms with Gasteiger partial charge in [-0.25, -0.2) is 4.98 Å². The number of carbonyl (C=O) groups excluding carboxylic acids is 2. The van der Waals surface area contributed by atoms with Gasteiger partial charge in [-0.3, -0.25) is 9.59 Å². The minimum atomic E-state index is -0.126. The zero-order valence-corrected chi connectivity index (χ0v) is 16.6. The van der Waals surface area contributed by atoms with Crippen LogP contribution in [-0.2, 0) is 11.3 Å². The van der Waals surface area contributed by atoms with Gasteiger partial charge >= 0.3 is 0 Å². The van der Waals surface area contributed by atoms with Gasteiger partial charge in [0.2, 0.25) is 5.91 Å². The maximum atomic E-state index is 12.8. The summed E-state index contributed by atoms with van der Waals surface area (Å²) in [5.41, 5.74) is 3.13. The van der Waals surface area contributed by atoms with Crippen molar-refractivity contribution in [3.63, 3.8) is 0 Å². The molecule has 1 heterocycles. The van der Waals surface area contributed by atoms with Crippen molar-refractivity contribution in [3.8, 4) is 0 Å². The quantitative estimate of drug-likeness (QED) is 0.627. The molecule has 0 aliphatic heterocycles. The molecular formula is C23H24N4O2. The molecule has 2 amide bonds. The molecule has 0 bridgehead atoms. The molecule has 0 atom stereocenters. The highest BCUT2D eigenvalue weighted by molar-refractivity contribution is 5.94. The summed E-state index contributed by atoms with van der Waals surface area (Å²) in [6.07, 6.45) is 1.58. The van der Waals surface area contributed by atoms with Crippen molar-refractivity contribution in [1.29, 1.82) is 0 Å². The number of pyridine rings is 1. The Balaban J connectivity index is 1.67. The van der Waals surface area contributed by atoms with Crippen LogP contribution < -0.4 is 10.6 Å². The minimum Gasteiger partial charge on any atom is -0.340 e. The van der Waals surface area contributed by atoms with Gasteiger partial charge in [-0.15, -0.1) is 0 Å². The second kappa shape index (κ2) is 9.50. The summed E-state index contributed by atoms with van der Waals surface area (Å²) >= 11 is 0. The number of carbonyl (C=O) groups is 2. The average molecular weight is 388 g/mol. The van der Waals surface area contributed by atoms with Gasteiger partial charge in [-0.1, -0.05) is 36.4 Å². The Hall–Kier alpha value is -3.67. The normalized spacial score (nSPS) is 10.3. The lowest BCUT2D eigenvalue weighted by molar-refractivity contribution is -0.114. The number of benzene rings is 2. The van der Waals surface area contributed by atoms with Crippen molar-refractivity contribution >= 4 is 29.0 Å². The van der Waals surface area contributed by atoms with E-state index in [1.54, 1.807) is 23.2 Å². The smallest absolute Gasteiger partial charge is 0.255 e. The van der Waals surface area contributed by atoms with Crippen molar-refractivity contribution in [1.82, 2.24) is 9.88 Å². The molecule has 0 saturated heterocycles. The molecule has 0 fully saturated rings. The fourth-order valence-corrected chi connectivity index (χ4v) is 2.93. The molecular weight excluding hydrogens is 364 g/mol. The highest BCUT2D eigenvalue weighted by atomic mass is 16.2. The molecule has 6 heteroatoms. The Bertz CT molecular complexity index is 972. The van der Waals surface area contributed by atoms with Crippen molar-refractivity contribution in [2.24, 2.45) is 0 Å². The highest BCUT2D eigenvalue weighted by Gasteiger charge is 2.15. The van der Waals surface area contributed by atoms with E-state index in [-0.39, 0.29) is 11.8 Å². The average Bonchev–Trinajstić information content (AvgIpc) is 2.72. The molecule has 3 rings (SSSR count). The largest absolute Gasteiger partial charge is 0.340 e. The van der Waals surface area contributed by atoms with Gasteiger partial charge in [0, 0.05) is 37.6 Å². The van der Waals surface area contributed by atoms with Crippen LogP contribution in [0.1, 0.15) is 29.8 Å². The van der Waals surface area contributed by atoms with Crippen molar-refractivity contribution in [3.05, 3.63) is 84.1 Å². The zero-order chi connectivity index (χ0) is 20.6. The summed E-state index contributed by atoms with van der Waals surface area (Å²) in [4.78, 5) is 30.2. The second-order valence-corrected chi connectivity index (χ2v) is 6.62. The summed E-state index contributed by atoms with van der Waals surface area (Å²) in [7, 11) is 0. The standard InChI is InChI=1S/C23H24N4O2/c1-3-27(16-18-8-5-4-6-9-18)23(29)19-12-13-22(24-15-19)26-21-11-7-10-20(14-21)25-17(2)28/h4-15H,3,16H2,1-2H3,(H,24,26)(H,25,28). The molecule has 1 aromatic heterocycles. The third-order valence-electron chi connectivity index (χ3n) is 4.35. The number of hydrogen-bond donors (Lipinski definition) is 2. The fourth-order valence-electron chi connectivity index (χ4n) is 2.93. The van der Waals surface area contributed by atoms with Gasteiger partial charge < -0.3 is 15.5 Å². The third kappa shape index (κ3) is 5.65. The summed E-state index contributed by atoms with van der Waals surface area (Å²) in [6.45, 7) is 4.61. The summed E-state index contributed by atoms with van der Waals surface area (Å²) in [6, 6.07) is 20.8. The molecule has 0 aliphatic carbocycles. The van der Waals surface area contributed by atoms with Crippen LogP contribution in [0.25, 0.3) is 0 Å². The predicted octanol–water partition coefficient (Wildman–Crippen LogP) is 4.45. The molecule has 0 radical (unpaired) electrons. The first kappa shape index (κ1) is 20.1. The first-order valence-electron chi connectivity index (χ1n) is 9.49. The number of nitrogens with one attached hydrogen (secondary N) is 2. The van der Waals surface area contributed by atoms with Crippen LogP contribution in [0.5, 0.6) is 0 Å². The van der Waals surface area contributed by atoms with Crippen molar-refractivity contribution in [2.45, 2.75) is 20.4 Å². The molecule has 2 N–H and O–H groups in total. The first-order chi connectivity index (χ1) is 14.0. The molecule has 0 aliphatic rings. The van der Waals surface area contributed by atoms with Crippen LogP contribution in [0.2, 0.25) is 0 Å². The Labute approximate surface area is 170 Å². The number of rotatable bonds is 7. The topological polar surface area (TPSA) is 74.3 Å². The Morgan fingerprint density at radius 2 is 1.72 bits per heavy atom. The first-order valence-corrected chi connectivity index (χ1v) is 9.49. The molecule has 148 valence electrons. The molecule has 0 unspecified atom stereocenters. The van der Waals surface area contributed by atoms with Crippen LogP contribution in [-0.4, -0.2) is 28.2 Å². The van der Waals surface area contributed by atoms with Crippen LogP contribution in [0.15, 0.2) is 72.9 Å². The second-order valence-electron chi connectivity index (χ2n) is 6.62. The maximum absolute atomic E-state index is 12.8. The van der Waals surface area contributed by atoms with Gasteiger partial charge in [-0.05, 0) is 42.8 Å². The lowest BCUT2D eigenvalue weighted by Crippen LogP contribution is -2.30. The maximum Gasteiger partial charge on any atom is 0.255 e. The van der Waals surface area contributed by atoms with Crippen LogP contribution in [0.4, 0.5) is 17.2 Å². The van der Waals surface area contributed by atoms with E-state index in [0.29, 0.717) is 30.2 Å². The van der Waals surface area contributed by atoms with E-state index in [0.717, 1.165) is 11.3 Å². The number of hydrogen-bond acceptors (Lipinski definition) is 4. The summed E-state index contributed by atoms with van der Waals surface area (Å²) < 4.78 is 0. The van der Waals surface area contributed by atoms with E-state index in [9.17, 15) is 9.59 Å². The highest BCUT2D eigenvalue weighted by Crippen LogP contribution is 2.19. The SMILES string of the molecule is CCN(Cc1ccccc1)C(=O)c1ccc(Nc2cccc(NC(C)=O)c2)nc1. The molecule has 29 heavy (non-hydrogen) atoms. The summed E-state index contributed by atoms with van der Waals surface area (Å²) in [5.74, 6) is 0.440. The third-order valence-corrected chi connectivity index (χ3v) is 4.35. The Kier molecular flexibility index (Phi) is 6.58. The van der Waals surface area contributed by atoms with Gasteiger partial charge in [0.05, 0.1) is 5.56 Å². The van der Waals surface area contributed by atoms with Crippen LogP contribution >= 0.6 is 0 Å². The summed E-state index contributed by atoms with van der Waals surface area (Å²) in [5, 5.41) is 5.92. The molecule has 3 aromatic rings. The molecule has 0 spiro atoms. The molecule has 0 saturated carbocycles. The van der Waals surface area contributed by atoms with Gasteiger partial charge in [-0.2, -0.15) is 0 Å². The van der Waals surface area contributed by atoms with Gasteiger partial charge in [0.25, 0.3) is 5.91 Å². The Morgan fingerprint density at radius 3 is 2.38 bits per heavy atom. The fraction of sp³-hybridized carbons (Fsp3) is 0.174.